The Morgan fingerprint density at radius 3 is 2.41 bits per heavy atom. The second-order valence-corrected chi connectivity index (χ2v) is 4.56. The highest BCUT2D eigenvalue weighted by Crippen LogP contribution is 2.19. The summed E-state index contributed by atoms with van der Waals surface area (Å²) in [7, 11) is 1.58. The second kappa shape index (κ2) is 6.40. The van der Waals surface area contributed by atoms with Crippen molar-refractivity contribution in [2.75, 3.05) is 7.05 Å². The SMILES string of the molecule is CCC(C)c1ccc(CCC(=O)N(C)N)cc1. The van der Waals surface area contributed by atoms with Gasteiger partial charge in [-0.2, -0.15) is 0 Å². The molecule has 0 aromatic heterocycles. The standard InChI is InChI=1S/C14H22N2O/c1-4-11(2)13-8-5-12(6-9-13)7-10-14(17)16(3)15/h5-6,8-9,11H,4,7,10,15H2,1-3H3. The zero-order valence-electron chi connectivity index (χ0n) is 10.9. The van der Waals surface area contributed by atoms with Gasteiger partial charge in [0.05, 0.1) is 0 Å². The molecule has 1 aromatic carbocycles. The minimum absolute atomic E-state index is 0.0315. The van der Waals surface area contributed by atoms with Gasteiger partial charge in [0.15, 0.2) is 0 Å². The van der Waals surface area contributed by atoms with Crippen LogP contribution in [0.25, 0.3) is 0 Å². The lowest BCUT2D eigenvalue weighted by Crippen LogP contribution is -2.33. The quantitative estimate of drug-likeness (QED) is 0.483. The number of aryl methyl sites for hydroxylation is 1. The van der Waals surface area contributed by atoms with Crippen LogP contribution in [0.1, 0.15) is 43.7 Å². The van der Waals surface area contributed by atoms with E-state index in [0.717, 1.165) is 17.9 Å². The van der Waals surface area contributed by atoms with Gasteiger partial charge >= 0.3 is 0 Å². The molecular weight excluding hydrogens is 212 g/mol. The molecule has 0 spiro atoms. The van der Waals surface area contributed by atoms with Crippen molar-refractivity contribution < 1.29 is 4.79 Å². The van der Waals surface area contributed by atoms with E-state index in [2.05, 4.69) is 38.1 Å². The molecule has 1 unspecified atom stereocenters. The molecular formula is C14H22N2O. The van der Waals surface area contributed by atoms with Crippen LogP contribution in [0.15, 0.2) is 24.3 Å². The third kappa shape index (κ3) is 4.19. The minimum atomic E-state index is -0.0315. The zero-order valence-corrected chi connectivity index (χ0v) is 10.9. The highest BCUT2D eigenvalue weighted by Gasteiger charge is 2.06. The Bertz CT molecular complexity index is 357. The first-order valence-electron chi connectivity index (χ1n) is 6.14. The maximum absolute atomic E-state index is 11.3. The van der Waals surface area contributed by atoms with Gasteiger partial charge in [-0.3, -0.25) is 9.80 Å². The molecule has 1 amide bonds. The number of hydrazine groups is 1. The van der Waals surface area contributed by atoms with Gasteiger partial charge in [-0.05, 0) is 29.9 Å². The first-order chi connectivity index (χ1) is 8.04. The Morgan fingerprint density at radius 1 is 1.35 bits per heavy atom. The fourth-order valence-corrected chi connectivity index (χ4v) is 1.68. The van der Waals surface area contributed by atoms with Crippen molar-refractivity contribution in [3.05, 3.63) is 35.4 Å². The molecule has 17 heavy (non-hydrogen) atoms. The minimum Gasteiger partial charge on any atom is -0.284 e. The summed E-state index contributed by atoms with van der Waals surface area (Å²) in [5.41, 5.74) is 2.55. The van der Waals surface area contributed by atoms with Crippen LogP contribution in [0.3, 0.4) is 0 Å². The maximum atomic E-state index is 11.3. The topological polar surface area (TPSA) is 46.3 Å². The largest absolute Gasteiger partial charge is 0.284 e. The molecule has 1 atom stereocenters. The van der Waals surface area contributed by atoms with E-state index in [9.17, 15) is 4.79 Å². The zero-order chi connectivity index (χ0) is 12.8. The van der Waals surface area contributed by atoms with Crippen molar-refractivity contribution in [3.8, 4) is 0 Å². The molecule has 3 nitrogen and oxygen atoms in total. The highest BCUT2D eigenvalue weighted by atomic mass is 16.2. The molecule has 0 fully saturated rings. The molecule has 0 aliphatic carbocycles. The number of rotatable bonds is 5. The van der Waals surface area contributed by atoms with E-state index in [1.807, 2.05) is 0 Å². The molecule has 1 aromatic rings. The Morgan fingerprint density at radius 2 is 1.94 bits per heavy atom. The Kier molecular flexibility index (Phi) is 5.16. The van der Waals surface area contributed by atoms with Gasteiger partial charge in [-0.15, -0.1) is 0 Å². The number of hydrogen-bond donors (Lipinski definition) is 1. The summed E-state index contributed by atoms with van der Waals surface area (Å²) in [5, 5.41) is 1.15. The van der Waals surface area contributed by atoms with Gasteiger partial charge < -0.3 is 0 Å². The summed E-state index contributed by atoms with van der Waals surface area (Å²) >= 11 is 0. The molecule has 3 heteroatoms. The van der Waals surface area contributed by atoms with Gasteiger partial charge in [0, 0.05) is 13.5 Å². The van der Waals surface area contributed by atoms with Crippen molar-refractivity contribution in [1.82, 2.24) is 5.01 Å². The summed E-state index contributed by atoms with van der Waals surface area (Å²) in [4.78, 5) is 11.3. The third-order valence-corrected chi connectivity index (χ3v) is 3.18. The van der Waals surface area contributed by atoms with Crippen molar-refractivity contribution in [3.63, 3.8) is 0 Å². The highest BCUT2D eigenvalue weighted by molar-refractivity contribution is 5.75. The van der Waals surface area contributed by atoms with Crippen LogP contribution in [0.5, 0.6) is 0 Å². The number of nitrogens with zero attached hydrogens (tertiary/aromatic N) is 1. The third-order valence-electron chi connectivity index (χ3n) is 3.18. The van der Waals surface area contributed by atoms with Crippen molar-refractivity contribution in [2.45, 2.75) is 39.0 Å². The molecule has 94 valence electrons. The predicted octanol–water partition coefficient (Wildman–Crippen LogP) is 2.46. The number of hydrogen-bond acceptors (Lipinski definition) is 2. The molecule has 0 bridgehead atoms. The van der Waals surface area contributed by atoms with E-state index in [0.29, 0.717) is 12.3 Å². The van der Waals surface area contributed by atoms with Gasteiger partial charge in [0.2, 0.25) is 5.91 Å². The molecule has 2 N–H and O–H groups in total. The smallest absolute Gasteiger partial charge is 0.236 e. The number of amides is 1. The number of benzene rings is 1. The van der Waals surface area contributed by atoms with Crippen LogP contribution in [0, 0.1) is 0 Å². The average Bonchev–Trinajstić information content (AvgIpc) is 2.35. The van der Waals surface area contributed by atoms with Gasteiger partial charge in [-0.25, -0.2) is 5.84 Å². The lowest BCUT2D eigenvalue weighted by Gasteiger charge is -2.11. The first kappa shape index (κ1) is 13.7. The number of carbonyl (C=O) groups excluding carboxylic acids is 1. The molecule has 0 radical (unpaired) electrons. The molecule has 0 saturated carbocycles. The van der Waals surface area contributed by atoms with Crippen molar-refractivity contribution in [1.29, 1.82) is 0 Å². The maximum Gasteiger partial charge on any atom is 0.236 e. The lowest BCUT2D eigenvalue weighted by atomic mass is 9.97. The fraction of sp³-hybridized carbons (Fsp3) is 0.500. The van der Waals surface area contributed by atoms with Gasteiger partial charge in [0.1, 0.15) is 0 Å². The van der Waals surface area contributed by atoms with Crippen molar-refractivity contribution in [2.24, 2.45) is 5.84 Å². The Labute approximate surface area is 104 Å². The Hall–Kier alpha value is -1.35. The summed E-state index contributed by atoms with van der Waals surface area (Å²) in [6.45, 7) is 4.41. The van der Waals surface area contributed by atoms with E-state index in [4.69, 9.17) is 5.84 Å². The van der Waals surface area contributed by atoms with Crippen LogP contribution in [0.4, 0.5) is 0 Å². The van der Waals surface area contributed by atoms with Crippen LogP contribution < -0.4 is 5.84 Å². The van der Waals surface area contributed by atoms with Crippen LogP contribution in [0.2, 0.25) is 0 Å². The molecule has 0 saturated heterocycles. The van der Waals surface area contributed by atoms with E-state index >= 15 is 0 Å². The van der Waals surface area contributed by atoms with Crippen LogP contribution in [-0.4, -0.2) is 18.0 Å². The van der Waals surface area contributed by atoms with Crippen LogP contribution in [-0.2, 0) is 11.2 Å². The molecule has 0 aliphatic heterocycles. The second-order valence-electron chi connectivity index (χ2n) is 4.56. The molecule has 0 aliphatic rings. The van der Waals surface area contributed by atoms with E-state index in [1.165, 1.54) is 11.1 Å². The first-order valence-corrected chi connectivity index (χ1v) is 6.14. The monoisotopic (exact) mass is 234 g/mol. The average molecular weight is 234 g/mol. The summed E-state index contributed by atoms with van der Waals surface area (Å²) in [6, 6.07) is 8.51. The van der Waals surface area contributed by atoms with E-state index < -0.39 is 0 Å². The number of carbonyl (C=O) groups is 1. The normalized spacial score (nSPS) is 12.2. The van der Waals surface area contributed by atoms with E-state index in [1.54, 1.807) is 7.05 Å². The van der Waals surface area contributed by atoms with E-state index in [-0.39, 0.29) is 5.91 Å². The molecule has 1 rings (SSSR count). The summed E-state index contributed by atoms with van der Waals surface area (Å²) in [6.07, 6.45) is 2.37. The Balaban J connectivity index is 2.54. The lowest BCUT2D eigenvalue weighted by molar-refractivity contribution is -0.130. The predicted molar refractivity (Wildman–Crippen MR) is 70.4 cm³/mol. The molecule has 0 heterocycles. The van der Waals surface area contributed by atoms with Gasteiger partial charge in [-0.1, -0.05) is 38.1 Å². The van der Waals surface area contributed by atoms with Crippen LogP contribution >= 0.6 is 0 Å². The van der Waals surface area contributed by atoms with Crippen molar-refractivity contribution >= 4 is 5.91 Å². The van der Waals surface area contributed by atoms with Gasteiger partial charge in [0.25, 0.3) is 0 Å². The number of nitrogens with two attached hydrogens (primary N) is 1. The fourth-order valence-electron chi connectivity index (χ4n) is 1.68. The summed E-state index contributed by atoms with van der Waals surface area (Å²) in [5.74, 6) is 5.93. The summed E-state index contributed by atoms with van der Waals surface area (Å²) < 4.78 is 0.